The largest absolute Gasteiger partial charge is 0.480 e. The molecule has 1 rings (SSSR count). The Labute approximate surface area is 102 Å². The van der Waals surface area contributed by atoms with E-state index in [1.54, 1.807) is 6.92 Å². The zero-order valence-electron chi connectivity index (χ0n) is 10.6. The lowest BCUT2D eigenvalue weighted by atomic mass is 9.95. The monoisotopic (exact) mass is 242 g/mol. The topological polar surface area (TPSA) is 78.4 Å². The molecule has 0 saturated carbocycles. The van der Waals surface area contributed by atoms with Crippen molar-refractivity contribution in [3.8, 4) is 0 Å². The standard InChI is InChI=1S/C12H22N2O3/c1-3-7-12(2,11(16)17)14-10(15)9-6-4-5-8-13-9/h9,13H,3-8H2,1-2H3,(H,14,15)(H,16,17)/t9-,12?/m0/s1. The minimum Gasteiger partial charge on any atom is -0.480 e. The number of amides is 1. The third-order valence-corrected chi connectivity index (χ3v) is 3.25. The maximum Gasteiger partial charge on any atom is 0.329 e. The molecule has 2 atom stereocenters. The van der Waals surface area contributed by atoms with Gasteiger partial charge in [0.15, 0.2) is 0 Å². The molecule has 1 amide bonds. The van der Waals surface area contributed by atoms with Crippen molar-refractivity contribution in [1.82, 2.24) is 10.6 Å². The van der Waals surface area contributed by atoms with Gasteiger partial charge in [0.2, 0.25) is 5.91 Å². The molecule has 5 nitrogen and oxygen atoms in total. The van der Waals surface area contributed by atoms with Crippen LogP contribution in [-0.4, -0.2) is 35.1 Å². The number of piperidine rings is 1. The van der Waals surface area contributed by atoms with Crippen LogP contribution in [0.25, 0.3) is 0 Å². The van der Waals surface area contributed by atoms with Gasteiger partial charge in [-0.3, -0.25) is 4.79 Å². The highest BCUT2D eigenvalue weighted by Gasteiger charge is 2.35. The molecule has 1 unspecified atom stereocenters. The number of carboxylic acid groups (broad SMARTS) is 1. The molecule has 1 aliphatic rings. The van der Waals surface area contributed by atoms with E-state index in [4.69, 9.17) is 0 Å². The molecular weight excluding hydrogens is 220 g/mol. The van der Waals surface area contributed by atoms with Gasteiger partial charge in [0, 0.05) is 0 Å². The molecule has 1 saturated heterocycles. The first kappa shape index (κ1) is 14.0. The fourth-order valence-electron chi connectivity index (χ4n) is 2.16. The fraction of sp³-hybridized carbons (Fsp3) is 0.833. The van der Waals surface area contributed by atoms with Crippen LogP contribution in [-0.2, 0) is 9.59 Å². The van der Waals surface area contributed by atoms with Crippen molar-refractivity contribution in [2.75, 3.05) is 6.54 Å². The second-order valence-electron chi connectivity index (χ2n) is 4.88. The lowest BCUT2D eigenvalue weighted by Gasteiger charge is -2.30. The van der Waals surface area contributed by atoms with Gasteiger partial charge in [-0.2, -0.15) is 0 Å². The third-order valence-electron chi connectivity index (χ3n) is 3.25. The van der Waals surface area contributed by atoms with E-state index in [1.165, 1.54) is 0 Å². The Morgan fingerprint density at radius 3 is 2.65 bits per heavy atom. The minimum atomic E-state index is -1.15. The van der Waals surface area contributed by atoms with Gasteiger partial charge in [-0.1, -0.05) is 19.8 Å². The first-order chi connectivity index (χ1) is 7.99. The Kier molecular flexibility index (Phi) is 4.93. The van der Waals surface area contributed by atoms with Gasteiger partial charge in [-0.25, -0.2) is 4.79 Å². The van der Waals surface area contributed by atoms with Crippen LogP contribution < -0.4 is 10.6 Å². The van der Waals surface area contributed by atoms with Crippen LogP contribution in [0.3, 0.4) is 0 Å². The van der Waals surface area contributed by atoms with Crippen LogP contribution in [0, 0.1) is 0 Å². The number of hydrogen-bond acceptors (Lipinski definition) is 3. The van der Waals surface area contributed by atoms with E-state index in [1.807, 2.05) is 6.92 Å². The molecule has 0 spiro atoms. The Balaban J connectivity index is 2.60. The molecule has 0 radical (unpaired) electrons. The minimum absolute atomic E-state index is 0.192. The molecule has 0 aliphatic carbocycles. The lowest BCUT2D eigenvalue weighted by Crippen LogP contribution is -2.57. The summed E-state index contributed by atoms with van der Waals surface area (Å²) in [5.74, 6) is -1.16. The van der Waals surface area contributed by atoms with Crippen LogP contribution in [0.5, 0.6) is 0 Å². The number of aliphatic carboxylic acids is 1. The molecule has 1 heterocycles. The third kappa shape index (κ3) is 3.70. The van der Waals surface area contributed by atoms with Crippen molar-refractivity contribution in [2.24, 2.45) is 0 Å². The van der Waals surface area contributed by atoms with Gasteiger partial charge in [-0.15, -0.1) is 0 Å². The molecule has 0 aromatic rings. The first-order valence-electron chi connectivity index (χ1n) is 6.28. The van der Waals surface area contributed by atoms with Crippen molar-refractivity contribution >= 4 is 11.9 Å². The maximum atomic E-state index is 12.0. The first-order valence-corrected chi connectivity index (χ1v) is 6.28. The van der Waals surface area contributed by atoms with Gasteiger partial charge >= 0.3 is 5.97 Å². The summed E-state index contributed by atoms with van der Waals surface area (Å²) < 4.78 is 0. The zero-order valence-corrected chi connectivity index (χ0v) is 10.6. The summed E-state index contributed by atoms with van der Waals surface area (Å²) in [6, 6.07) is -0.237. The van der Waals surface area contributed by atoms with Crippen molar-refractivity contribution in [1.29, 1.82) is 0 Å². The number of carbonyl (C=O) groups is 2. The number of carbonyl (C=O) groups excluding carboxylic acids is 1. The number of hydrogen-bond donors (Lipinski definition) is 3. The second kappa shape index (κ2) is 6.00. The van der Waals surface area contributed by atoms with E-state index in [-0.39, 0.29) is 11.9 Å². The molecule has 0 aromatic carbocycles. The molecule has 3 N–H and O–H groups in total. The Morgan fingerprint density at radius 2 is 2.18 bits per heavy atom. The van der Waals surface area contributed by atoms with E-state index in [0.717, 1.165) is 32.2 Å². The Bertz CT molecular complexity index is 287. The average molecular weight is 242 g/mol. The lowest BCUT2D eigenvalue weighted by molar-refractivity contribution is -0.147. The van der Waals surface area contributed by atoms with Gasteiger partial charge in [0.05, 0.1) is 6.04 Å². The van der Waals surface area contributed by atoms with E-state index < -0.39 is 11.5 Å². The van der Waals surface area contributed by atoms with Crippen molar-refractivity contribution in [3.63, 3.8) is 0 Å². The van der Waals surface area contributed by atoms with Crippen molar-refractivity contribution < 1.29 is 14.7 Å². The van der Waals surface area contributed by atoms with Crippen LogP contribution in [0.4, 0.5) is 0 Å². The summed E-state index contributed by atoms with van der Waals surface area (Å²) in [5.41, 5.74) is -1.15. The highest BCUT2D eigenvalue weighted by atomic mass is 16.4. The van der Waals surface area contributed by atoms with Crippen LogP contribution in [0.15, 0.2) is 0 Å². The van der Waals surface area contributed by atoms with Gasteiger partial charge in [-0.05, 0) is 32.7 Å². The van der Waals surface area contributed by atoms with E-state index in [0.29, 0.717) is 6.42 Å². The predicted octanol–water partition coefficient (Wildman–Crippen LogP) is 0.888. The van der Waals surface area contributed by atoms with E-state index in [9.17, 15) is 14.7 Å². The van der Waals surface area contributed by atoms with Crippen LogP contribution in [0.1, 0.15) is 46.0 Å². The molecule has 1 aliphatic heterocycles. The molecule has 17 heavy (non-hydrogen) atoms. The molecule has 98 valence electrons. The quantitative estimate of drug-likeness (QED) is 0.669. The number of carboxylic acids is 1. The van der Waals surface area contributed by atoms with E-state index >= 15 is 0 Å². The second-order valence-corrected chi connectivity index (χ2v) is 4.88. The highest BCUT2D eigenvalue weighted by molar-refractivity contribution is 5.89. The van der Waals surface area contributed by atoms with E-state index in [2.05, 4.69) is 10.6 Å². The molecular formula is C12H22N2O3. The van der Waals surface area contributed by atoms with Gasteiger partial charge in [0.1, 0.15) is 5.54 Å². The Hall–Kier alpha value is -1.10. The Morgan fingerprint density at radius 1 is 1.47 bits per heavy atom. The van der Waals surface area contributed by atoms with Crippen LogP contribution in [0.2, 0.25) is 0 Å². The molecule has 5 heteroatoms. The highest BCUT2D eigenvalue weighted by Crippen LogP contribution is 2.14. The fourth-order valence-corrected chi connectivity index (χ4v) is 2.16. The summed E-state index contributed by atoms with van der Waals surface area (Å²) in [5, 5.41) is 15.0. The maximum absolute atomic E-state index is 12.0. The SMILES string of the molecule is CCCC(C)(NC(=O)[C@@H]1CCCCN1)C(=O)O. The molecule has 0 aromatic heterocycles. The summed E-state index contributed by atoms with van der Waals surface area (Å²) in [4.78, 5) is 23.2. The van der Waals surface area contributed by atoms with Gasteiger partial charge in [0.25, 0.3) is 0 Å². The van der Waals surface area contributed by atoms with Crippen LogP contribution >= 0.6 is 0 Å². The van der Waals surface area contributed by atoms with Crippen molar-refractivity contribution in [2.45, 2.75) is 57.5 Å². The molecule has 1 fully saturated rings. The average Bonchev–Trinajstić information content (AvgIpc) is 2.30. The summed E-state index contributed by atoms with van der Waals surface area (Å²) in [6.07, 6.45) is 4.05. The zero-order chi connectivity index (χ0) is 12.9. The summed E-state index contributed by atoms with van der Waals surface area (Å²) >= 11 is 0. The number of rotatable bonds is 5. The molecule has 0 bridgehead atoms. The summed E-state index contributed by atoms with van der Waals surface area (Å²) in [6.45, 7) is 4.31. The summed E-state index contributed by atoms with van der Waals surface area (Å²) in [7, 11) is 0. The smallest absolute Gasteiger partial charge is 0.329 e. The predicted molar refractivity (Wildman–Crippen MR) is 64.7 cm³/mol. The van der Waals surface area contributed by atoms with Crippen molar-refractivity contribution in [3.05, 3.63) is 0 Å². The number of nitrogens with one attached hydrogen (secondary N) is 2. The normalized spacial score (nSPS) is 23.8. The van der Waals surface area contributed by atoms with Gasteiger partial charge < -0.3 is 15.7 Å².